The van der Waals surface area contributed by atoms with Gasteiger partial charge < -0.3 is 9.88 Å². The molecule has 0 aliphatic rings. The first kappa shape index (κ1) is 15.2. The zero-order chi connectivity index (χ0) is 16.4. The Labute approximate surface area is 134 Å². The van der Waals surface area contributed by atoms with Gasteiger partial charge in [-0.15, -0.1) is 0 Å². The number of aromatic nitrogens is 2. The number of carbonyl (C=O) groups is 1. The van der Waals surface area contributed by atoms with Gasteiger partial charge in [-0.25, -0.2) is 9.37 Å². The van der Waals surface area contributed by atoms with Crippen molar-refractivity contribution in [1.82, 2.24) is 14.9 Å². The van der Waals surface area contributed by atoms with Crippen LogP contribution >= 0.6 is 0 Å². The fraction of sp³-hybridized carbons (Fsp3) is 0.222. The largest absolute Gasteiger partial charge is 0.340 e. The van der Waals surface area contributed by atoms with Crippen LogP contribution in [0, 0.1) is 5.82 Å². The molecule has 1 aromatic heterocycles. The molecular formula is C18H18FN3O. The van der Waals surface area contributed by atoms with Crippen molar-refractivity contribution in [2.45, 2.75) is 26.4 Å². The molecule has 0 radical (unpaired) electrons. The molecule has 0 fully saturated rings. The molecule has 5 heteroatoms. The predicted molar refractivity (Wildman–Crippen MR) is 87.5 cm³/mol. The van der Waals surface area contributed by atoms with Gasteiger partial charge in [0.2, 0.25) is 0 Å². The van der Waals surface area contributed by atoms with Crippen LogP contribution in [0.3, 0.4) is 0 Å². The van der Waals surface area contributed by atoms with E-state index in [2.05, 4.69) is 9.97 Å². The van der Waals surface area contributed by atoms with E-state index in [0.29, 0.717) is 12.4 Å². The molecule has 1 heterocycles. The van der Waals surface area contributed by atoms with Gasteiger partial charge in [-0.2, -0.15) is 0 Å². The minimum Gasteiger partial charge on any atom is -0.340 e. The van der Waals surface area contributed by atoms with E-state index < -0.39 is 5.82 Å². The molecule has 1 amide bonds. The molecule has 118 valence electrons. The molecule has 0 saturated heterocycles. The molecule has 1 N–H and O–H groups in total. The highest BCUT2D eigenvalue weighted by Gasteiger charge is 2.22. The van der Waals surface area contributed by atoms with E-state index in [0.717, 1.165) is 11.0 Å². The van der Waals surface area contributed by atoms with E-state index in [1.54, 1.807) is 17.0 Å². The molecule has 23 heavy (non-hydrogen) atoms. The first-order valence-corrected chi connectivity index (χ1v) is 7.55. The topological polar surface area (TPSA) is 49.0 Å². The number of amides is 1. The molecule has 0 aliphatic carbocycles. The number of nitrogens with zero attached hydrogens (tertiary/aromatic N) is 2. The summed E-state index contributed by atoms with van der Waals surface area (Å²) in [7, 11) is 0. The van der Waals surface area contributed by atoms with Crippen LogP contribution in [-0.2, 0) is 6.54 Å². The van der Waals surface area contributed by atoms with Crippen LogP contribution in [0.2, 0.25) is 0 Å². The fourth-order valence-corrected chi connectivity index (χ4v) is 2.52. The van der Waals surface area contributed by atoms with Crippen molar-refractivity contribution >= 4 is 16.9 Å². The van der Waals surface area contributed by atoms with Gasteiger partial charge in [0.05, 0.1) is 23.1 Å². The summed E-state index contributed by atoms with van der Waals surface area (Å²) in [5.74, 6) is -0.157. The molecule has 0 spiro atoms. The Morgan fingerprint density at radius 1 is 1.17 bits per heavy atom. The van der Waals surface area contributed by atoms with Crippen molar-refractivity contribution in [3.8, 4) is 0 Å². The minimum atomic E-state index is -0.507. The predicted octanol–water partition coefficient (Wildman–Crippen LogP) is 3.75. The fourth-order valence-electron chi connectivity index (χ4n) is 2.52. The number of hydrogen-bond donors (Lipinski definition) is 1. The number of halogens is 1. The average Bonchev–Trinajstić information content (AvgIpc) is 2.94. The second-order valence-corrected chi connectivity index (χ2v) is 5.71. The Kier molecular flexibility index (Phi) is 4.10. The number of imidazole rings is 1. The maximum atomic E-state index is 13.9. The van der Waals surface area contributed by atoms with Gasteiger partial charge in [0, 0.05) is 6.04 Å². The highest BCUT2D eigenvalue weighted by molar-refractivity contribution is 5.94. The second-order valence-electron chi connectivity index (χ2n) is 5.71. The number of H-pyrrole nitrogens is 1. The first-order chi connectivity index (χ1) is 11.1. The smallest absolute Gasteiger partial charge is 0.257 e. The SMILES string of the molecule is CC(C)N(Cc1nc2ccccc2[nH]1)C(=O)c1ccccc1F. The third-order valence-corrected chi connectivity index (χ3v) is 3.75. The zero-order valence-corrected chi connectivity index (χ0v) is 13.1. The second kappa shape index (κ2) is 6.20. The summed E-state index contributed by atoms with van der Waals surface area (Å²) >= 11 is 0. The Balaban J connectivity index is 1.90. The van der Waals surface area contributed by atoms with Crippen LogP contribution in [0.25, 0.3) is 11.0 Å². The number of carbonyl (C=O) groups excluding carboxylic acids is 1. The highest BCUT2D eigenvalue weighted by Crippen LogP contribution is 2.17. The third kappa shape index (κ3) is 3.08. The molecular weight excluding hydrogens is 293 g/mol. The van der Waals surface area contributed by atoms with Gasteiger partial charge in [0.15, 0.2) is 0 Å². The molecule has 3 rings (SSSR count). The molecule has 3 aromatic rings. The monoisotopic (exact) mass is 311 g/mol. The maximum Gasteiger partial charge on any atom is 0.257 e. The van der Waals surface area contributed by atoms with Crippen LogP contribution in [0.15, 0.2) is 48.5 Å². The van der Waals surface area contributed by atoms with Gasteiger partial charge in [0.1, 0.15) is 11.6 Å². The van der Waals surface area contributed by atoms with Gasteiger partial charge in [-0.1, -0.05) is 24.3 Å². The van der Waals surface area contributed by atoms with Gasteiger partial charge in [-0.3, -0.25) is 4.79 Å². The number of fused-ring (bicyclic) bond motifs is 1. The number of benzene rings is 2. The highest BCUT2D eigenvalue weighted by atomic mass is 19.1. The van der Waals surface area contributed by atoms with E-state index in [1.807, 2.05) is 38.1 Å². The Morgan fingerprint density at radius 3 is 2.57 bits per heavy atom. The molecule has 4 nitrogen and oxygen atoms in total. The molecule has 0 aliphatic heterocycles. The number of nitrogens with one attached hydrogen (secondary N) is 1. The van der Waals surface area contributed by atoms with Crippen molar-refractivity contribution < 1.29 is 9.18 Å². The Morgan fingerprint density at radius 2 is 1.87 bits per heavy atom. The summed E-state index contributed by atoms with van der Waals surface area (Å²) in [6, 6.07) is 13.7. The standard InChI is InChI=1S/C18H18FN3O/c1-12(2)22(18(23)13-7-3-4-8-14(13)19)11-17-20-15-9-5-6-10-16(15)21-17/h3-10,12H,11H2,1-2H3,(H,20,21). The van der Waals surface area contributed by atoms with Crippen molar-refractivity contribution in [3.05, 3.63) is 65.7 Å². The molecule has 2 aromatic carbocycles. The quantitative estimate of drug-likeness (QED) is 0.797. The molecule has 0 saturated carbocycles. The zero-order valence-electron chi connectivity index (χ0n) is 13.1. The summed E-state index contributed by atoms with van der Waals surface area (Å²) < 4.78 is 13.9. The summed E-state index contributed by atoms with van der Waals surface area (Å²) in [6.45, 7) is 4.11. The minimum absolute atomic E-state index is 0.0738. The van der Waals surface area contributed by atoms with Crippen LogP contribution in [0.5, 0.6) is 0 Å². The van der Waals surface area contributed by atoms with E-state index >= 15 is 0 Å². The van der Waals surface area contributed by atoms with Crippen LogP contribution < -0.4 is 0 Å². The summed E-state index contributed by atoms with van der Waals surface area (Å²) in [5, 5.41) is 0. The van der Waals surface area contributed by atoms with E-state index in [1.165, 1.54) is 12.1 Å². The lowest BCUT2D eigenvalue weighted by molar-refractivity contribution is 0.0681. The molecule has 0 atom stereocenters. The lowest BCUT2D eigenvalue weighted by Gasteiger charge is -2.26. The van der Waals surface area contributed by atoms with E-state index in [4.69, 9.17) is 0 Å². The van der Waals surface area contributed by atoms with Crippen LogP contribution in [0.4, 0.5) is 4.39 Å². The van der Waals surface area contributed by atoms with Gasteiger partial charge in [0.25, 0.3) is 5.91 Å². The number of hydrogen-bond acceptors (Lipinski definition) is 2. The van der Waals surface area contributed by atoms with Crippen LogP contribution in [0.1, 0.15) is 30.0 Å². The van der Waals surface area contributed by atoms with E-state index in [-0.39, 0.29) is 17.5 Å². The van der Waals surface area contributed by atoms with E-state index in [9.17, 15) is 9.18 Å². The van der Waals surface area contributed by atoms with Gasteiger partial charge >= 0.3 is 0 Å². The van der Waals surface area contributed by atoms with Crippen molar-refractivity contribution in [2.24, 2.45) is 0 Å². The van der Waals surface area contributed by atoms with Crippen molar-refractivity contribution in [3.63, 3.8) is 0 Å². The lowest BCUT2D eigenvalue weighted by Crippen LogP contribution is -2.37. The normalized spacial score (nSPS) is 11.1. The maximum absolute atomic E-state index is 13.9. The summed E-state index contributed by atoms with van der Waals surface area (Å²) in [5.41, 5.74) is 1.85. The number of aromatic amines is 1. The average molecular weight is 311 g/mol. The van der Waals surface area contributed by atoms with Crippen molar-refractivity contribution in [1.29, 1.82) is 0 Å². The van der Waals surface area contributed by atoms with Crippen LogP contribution in [-0.4, -0.2) is 26.8 Å². The molecule has 0 bridgehead atoms. The summed E-state index contributed by atoms with van der Waals surface area (Å²) in [6.07, 6.45) is 0. The number of rotatable bonds is 4. The number of para-hydroxylation sites is 2. The first-order valence-electron chi connectivity index (χ1n) is 7.55. The Bertz CT molecular complexity index is 808. The van der Waals surface area contributed by atoms with Gasteiger partial charge in [-0.05, 0) is 38.1 Å². The third-order valence-electron chi connectivity index (χ3n) is 3.75. The Hall–Kier alpha value is -2.69. The lowest BCUT2D eigenvalue weighted by atomic mass is 10.1. The molecule has 0 unspecified atom stereocenters. The summed E-state index contributed by atoms with van der Waals surface area (Å²) in [4.78, 5) is 22.0. The van der Waals surface area contributed by atoms with Crippen molar-refractivity contribution in [2.75, 3.05) is 0 Å².